The second-order valence-corrected chi connectivity index (χ2v) is 8.37. The van der Waals surface area contributed by atoms with Gasteiger partial charge in [-0.15, -0.1) is 0 Å². The van der Waals surface area contributed by atoms with E-state index in [4.69, 9.17) is 0 Å². The molecular formula is C17H24N2O3S. The van der Waals surface area contributed by atoms with Crippen molar-refractivity contribution in [3.8, 4) is 0 Å². The minimum absolute atomic E-state index is 0.114. The third-order valence-corrected chi connectivity index (χ3v) is 6.45. The Hall–Kier alpha value is -1.40. The summed E-state index contributed by atoms with van der Waals surface area (Å²) in [4.78, 5) is 14.5. The summed E-state index contributed by atoms with van der Waals surface area (Å²) in [5.41, 5.74) is 2.58. The van der Waals surface area contributed by atoms with E-state index >= 15 is 0 Å². The smallest absolute Gasteiger partial charge is 0.241 e. The Kier molecular flexibility index (Phi) is 4.23. The fourth-order valence-corrected chi connectivity index (χ4v) is 4.60. The lowest BCUT2D eigenvalue weighted by Gasteiger charge is -2.19. The molecule has 5 nitrogen and oxygen atoms in total. The number of hydrogen-bond acceptors (Lipinski definition) is 3. The van der Waals surface area contributed by atoms with E-state index in [0.29, 0.717) is 6.54 Å². The van der Waals surface area contributed by atoms with Crippen LogP contribution in [0.1, 0.15) is 44.2 Å². The van der Waals surface area contributed by atoms with Crippen LogP contribution < -0.4 is 9.62 Å². The van der Waals surface area contributed by atoms with E-state index in [0.717, 1.165) is 42.5 Å². The third kappa shape index (κ3) is 3.15. The number of anilines is 1. The summed E-state index contributed by atoms with van der Waals surface area (Å²) < 4.78 is 28.0. The number of benzene rings is 1. The first-order chi connectivity index (χ1) is 10.8. The lowest BCUT2D eigenvalue weighted by atomic mass is 10.1. The first-order valence-electron chi connectivity index (χ1n) is 8.30. The van der Waals surface area contributed by atoms with Crippen LogP contribution in [0, 0.1) is 12.8 Å². The van der Waals surface area contributed by atoms with Crippen molar-refractivity contribution in [2.24, 2.45) is 5.92 Å². The molecule has 3 rings (SSSR count). The summed E-state index contributed by atoms with van der Waals surface area (Å²) >= 11 is 0. The summed E-state index contributed by atoms with van der Waals surface area (Å²) in [7, 11) is -3.57. The van der Waals surface area contributed by atoms with Crippen molar-refractivity contribution < 1.29 is 13.2 Å². The summed E-state index contributed by atoms with van der Waals surface area (Å²) in [5.74, 6) is 0.284. The van der Waals surface area contributed by atoms with E-state index in [1.165, 1.54) is 0 Å². The lowest BCUT2D eigenvalue weighted by molar-refractivity contribution is -0.119. The lowest BCUT2D eigenvalue weighted by Crippen LogP contribution is -2.33. The van der Waals surface area contributed by atoms with Crippen molar-refractivity contribution in [1.82, 2.24) is 4.72 Å². The largest absolute Gasteiger partial charge is 0.312 e. The van der Waals surface area contributed by atoms with Gasteiger partial charge in [-0.25, -0.2) is 13.1 Å². The van der Waals surface area contributed by atoms with Crippen LogP contribution in [0.4, 0.5) is 5.69 Å². The molecule has 0 saturated heterocycles. The van der Waals surface area contributed by atoms with E-state index in [1.807, 2.05) is 26.8 Å². The van der Waals surface area contributed by atoms with Crippen molar-refractivity contribution in [1.29, 1.82) is 0 Å². The fraction of sp³-hybridized carbons (Fsp3) is 0.588. The van der Waals surface area contributed by atoms with Gasteiger partial charge in [-0.05, 0) is 56.7 Å². The predicted octanol–water partition coefficient (Wildman–Crippen LogP) is 2.37. The van der Waals surface area contributed by atoms with E-state index in [-0.39, 0.29) is 22.8 Å². The normalized spacial score (nSPS) is 18.8. The minimum Gasteiger partial charge on any atom is -0.312 e. The van der Waals surface area contributed by atoms with Crippen molar-refractivity contribution in [3.05, 3.63) is 23.3 Å². The van der Waals surface area contributed by atoms with E-state index in [1.54, 1.807) is 11.0 Å². The molecule has 0 bridgehead atoms. The molecule has 1 fully saturated rings. The number of fused-ring (bicyclic) bond motifs is 1. The van der Waals surface area contributed by atoms with Crippen LogP contribution >= 0.6 is 0 Å². The highest BCUT2D eigenvalue weighted by Crippen LogP contribution is 2.38. The molecule has 0 spiro atoms. The Morgan fingerprint density at radius 1 is 1.39 bits per heavy atom. The maximum absolute atomic E-state index is 12.6. The maximum Gasteiger partial charge on any atom is 0.241 e. The van der Waals surface area contributed by atoms with Crippen LogP contribution in [0.25, 0.3) is 0 Å². The van der Waals surface area contributed by atoms with Gasteiger partial charge in [-0.2, -0.15) is 0 Å². The van der Waals surface area contributed by atoms with Crippen LogP contribution in [0.5, 0.6) is 0 Å². The monoisotopic (exact) mass is 336 g/mol. The Bertz CT molecular complexity index is 738. The fourth-order valence-electron chi connectivity index (χ4n) is 3.02. The molecule has 1 aromatic carbocycles. The van der Waals surface area contributed by atoms with E-state index < -0.39 is 10.0 Å². The number of amides is 1. The highest BCUT2D eigenvalue weighted by molar-refractivity contribution is 7.89. The number of hydrogen-bond donors (Lipinski definition) is 1. The van der Waals surface area contributed by atoms with Gasteiger partial charge in [0.2, 0.25) is 15.9 Å². The molecule has 1 saturated carbocycles. The van der Waals surface area contributed by atoms with Gasteiger partial charge >= 0.3 is 0 Å². The molecule has 1 aliphatic heterocycles. The molecule has 1 heterocycles. The number of carbonyl (C=O) groups is 1. The third-order valence-electron chi connectivity index (χ3n) is 4.72. The molecule has 1 atom stereocenters. The van der Waals surface area contributed by atoms with E-state index in [9.17, 15) is 13.2 Å². The van der Waals surface area contributed by atoms with E-state index in [2.05, 4.69) is 4.72 Å². The molecule has 23 heavy (non-hydrogen) atoms. The van der Waals surface area contributed by atoms with Crippen LogP contribution in [0.3, 0.4) is 0 Å². The zero-order chi connectivity index (χ0) is 16.8. The van der Waals surface area contributed by atoms with Crippen molar-refractivity contribution in [2.75, 3.05) is 11.4 Å². The Balaban J connectivity index is 1.97. The molecule has 0 radical (unpaired) electrons. The predicted molar refractivity (Wildman–Crippen MR) is 90.0 cm³/mol. The number of rotatable bonds is 5. The van der Waals surface area contributed by atoms with Crippen LogP contribution in [-0.4, -0.2) is 26.9 Å². The summed E-state index contributed by atoms with van der Waals surface area (Å²) in [6, 6.07) is 3.49. The van der Waals surface area contributed by atoms with Crippen molar-refractivity contribution in [3.63, 3.8) is 0 Å². The Morgan fingerprint density at radius 3 is 2.70 bits per heavy atom. The SMILES string of the molecule is CC[C@H](C)NS(=O)(=O)c1cc2c(cc1C)CCN2C(=O)C1CC1. The summed E-state index contributed by atoms with van der Waals surface area (Å²) in [6.45, 7) is 6.27. The number of nitrogens with zero attached hydrogens (tertiary/aromatic N) is 1. The zero-order valence-electron chi connectivity index (χ0n) is 13.9. The van der Waals surface area contributed by atoms with Gasteiger partial charge in [-0.1, -0.05) is 13.0 Å². The molecule has 0 aromatic heterocycles. The van der Waals surface area contributed by atoms with Gasteiger partial charge in [0.25, 0.3) is 0 Å². The van der Waals surface area contributed by atoms with Crippen molar-refractivity contribution >= 4 is 21.6 Å². The summed E-state index contributed by atoms with van der Waals surface area (Å²) in [6.07, 6.45) is 3.44. The van der Waals surface area contributed by atoms with Crippen LogP contribution in [0.15, 0.2) is 17.0 Å². The van der Waals surface area contributed by atoms with Gasteiger partial charge in [0.15, 0.2) is 0 Å². The van der Waals surface area contributed by atoms with Gasteiger partial charge in [0.1, 0.15) is 0 Å². The minimum atomic E-state index is -3.57. The molecule has 1 aliphatic carbocycles. The van der Waals surface area contributed by atoms with Gasteiger partial charge in [0.05, 0.1) is 4.90 Å². The Morgan fingerprint density at radius 2 is 2.09 bits per heavy atom. The second kappa shape index (κ2) is 5.91. The highest BCUT2D eigenvalue weighted by Gasteiger charge is 2.37. The van der Waals surface area contributed by atoms with Gasteiger partial charge < -0.3 is 4.90 Å². The molecule has 126 valence electrons. The molecule has 1 N–H and O–H groups in total. The number of nitrogens with one attached hydrogen (secondary N) is 1. The van der Waals surface area contributed by atoms with Crippen LogP contribution in [0.2, 0.25) is 0 Å². The summed E-state index contributed by atoms with van der Waals surface area (Å²) in [5, 5.41) is 0. The quantitative estimate of drug-likeness (QED) is 0.898. The number of carbonyl (C=O) groups excluding carboxylic acids is 1. The first-order valence-corrected chi connectivity index (χ1v) is 9.79. The highest BCUT2D eigenvalue weighted by atomic mass is 32.2. The molecule has 2 aliphatic rings. The average Bonchev–Trinajstić information content (AvgIpc) is 3.26. The average molecular weight is 336 g/mol. The first kappa shape index (κ1) is 16.5. The number of sulfonamides is 1. The van der Waals surface area contributed by atoms with Gasteiger partial charge in [0, 0.05) is 24.2 Å². The molecular weight excluding hydrogens is 312 g/mol. The standard InChI is InChI=1S/C17H24N2O3S/c1-4-12(3)18-23(21,22)16-10-15-14(9-11(16)2)7-8-19(15)17(20)13-5-6-13/h9-10,12-13,18H,4-8H2,1-3H3/t12-/m0/s1. The topological polar surface area (TPSA) is 66.5 Å². The van der Waals surface area contributed by atoms with Crippen LogP contribution in [-0.2, 0) is 21.2 Å². The molecule has 0 unspecified atom stereocenters. The molecule has 1 amide bonds. The Labute approximate surface area is 138 Å². The van der Waals surface area contributed by atoms with Gasteiger partial charge in [-0.3, -0.25) is 4.79 Å². The zero-order valence-corrected chi connectivity index (χ0v) is 14.7. The second-order valence-electron chi connectivity index (χ2n) is 6.69. The van der Waals surface area contributed by atoms with Crippen molar-refractivity contribution in [2.45, 2.75) is 57.4 Å². The maximum atomic E-state index is 12.6. The molecule has 1 aromatic rings. The number of aryl methyl sites for hydroxylation is 1. The molecule has 6 heteroatoms.